The van der Waals surface area contributed by atoms with E-state index in [4.69, 9.17) is 0 Å². The van der Waals surface area contributed by atoms with Crippen LogP contribution in [0.2, 0.25) is 0 Å². The molecule has 4 heteroatoms. The molecule has 1 saturated heterocycles. The number of hydrogen-bond donors (Lipinski definition) is 1. The van der Waals surface area contributed by atoms with Crippen molar-refractivity contribution in [3.63, 3.8) is 0 Å². The van der Waals surface area contributed by atoms with Crippen molar-refractivity contribution in [2.24, 2.45) is 13.0 Å². The lowest BCUT2D eigenvalue weighted by Gasteiger charge is -2.42. The summed E-state index contributed by atoms with van der Waals surface area (Å²) in [5.41, 5.74) is 1.19. The maximum absolute atomic E-state index is 4.52. The summed E-state index contributed by atoms with van der Waals surface area (Å²) in [4.78, 5) is 2.61. The molecule has 0 aliphatic carbocycles. The first kappa shape index (κ1) is 14.5. The predicted octanol–water partition coefficient (Wildman–Crippen LogP) is 2.02. The van der Waals surface area contributed by atoms with E-state index in [0.29, 0.717) is 18.0 Å². The van der Waals surface area contributed by atoms with Crippen LogP contribution in [-0.4, -0.2) is 39.9 Å². The number of nitrogens with one attached hydrogen (secondary N) is 1. The first-order chi connectivity index (χ1) is 9.10. The molecule has 0 spiro atoms. The average Bonchev–Trinajstić information content (AvgIpc) is 2.75. The van der Waals surface area contributed by atoms with E-state index in [0.717, 1.165) is 19.6 Å². The molecular formula is C15H28N4. The summed E-state index contributed by atoms with van der Waals surface area (Å²) in [7, 11) is 1.99. The number of rotatable bonds is 5. The second-order valence-corrected chi connectivity index (χ2v) is 6.12. The van der Waals surface area contributed by atoms with E-state index in [1.165, 1.54) is 18.5 Å². The summed E-state index contributed by atoms with van der Waals surface area (Å²) >= 11 is 0. The van der Waals surface area contributed by atoms with Gasteiger partial charge >= 0.3 is 0 Å². The van der Waals surface area contributed by atoms with Crippen LogP contribution in [0.25, 0.3) is 0 Å². The van der Waals surface area contributed by atoms with Gasteiger partial charge < -0.3 is 5.32 Å². The number of nitrogens with zero attached hydrogens (tertiary/aromatic N) is 3. The molecule has 1 aliphatic heterocycles. The van der Waals surface area contributed by atoms with Crippen molar-refractivity contribution in [1.29, 1.82) is 0 Å². The molecule has 1 aliphatic rings. The Morgan fingerprint density at radius 1 is 1.47 bits per heavy atom. The Bertz CT molecular complexity index is 385. The molecule has 2 atom stereocenters. The zero-order valence-corrected chi connectivity index (χ0v) is 12.8. The van der Waals surface area contributed by atoms with Crippen molar-refractivity contribution in [2.45, 2.75) is 52.2 Å². The maximum atomic E-state index is 4.52. The summed E-state index contributed by atoms with van der Waals surface area (Å²) < 4.78 is 1.89. The van der Waals surface area contributed by atoms with Crippen LogP contribution in [0.1, 0.15) is 39.3 Å². The highest BCUT2D eigenvalue weighted by molar-refractivity contribution is 5.00. The van der Waals surface area contributed by atoms with Crippen molar-refractivity contribution in [1.82, 2.24) is 20.0 Å². The van der Waals surface area contributed by atoms with Crippen molar-refractivity contribution >= 4 is 0 Å². The van der Waals surface area contributed by atoms with Gasteiger partial charge in [-0.3, -0.25) is 9.58 Å². The van der Waals surface area contributed by atoms with Crippen LogP contribution >= 0.6 is 0 Å². The predicted molar refractivity (Wildman–Crippen MR) is 78.9 cm³/mol. The molecule has 2 rings (SSSR count). The van der Waals surface area contributed by atoms with Crippen LogP contribution < -0.4 is 5.32 Å². The number of piperazine rings is 1. The molecule has 1 aromatic rings. The lowest BCUT2D eigenvalue weighted by molar-refractivity contribution is 0.0871. The van der Waals surface area contributed by atoms with E-state index < -0.39 is 0 Å². The van der Waals surface area contributed by atoms with E-state index in [2.05, 4.69) is 42.2 Å². The third-order valence-corrected chi connectivity index (χ3v) is 4.08. The second-order valence-electron chi connectivity index (χ2n) is 6.12. The van der Waals surface area contributed by atoms with Gasteiger partial charge in [-0.15, -0.1) is 0 Å². The summed E-state index contributed by atoms with van der Waals surface area (Å²) in [5, 5.41) is 8.23. The van der Waals surface area contributed by atoms with Crippen LogP contribution in [0.15, 0.2) is 12.3 Å². The third kappa shape index (κ3) is 3.80. The minimum absolute atomic E-state index is 0.620. The fourth-order valence-corrected chi connectivity index (χ4v) is 3.04. The van der Waals surface area contributed by atoms with Gasteiger partial charge in [0.2, 0.25) is 0 Å². The molecule has 1 N–H and O–H groups in total. The standard InChI is InChI=1S/C15H28N4/c1-5-6-13-10-19(15(9-16-13)12(2)3)11-14-7-8-18(4)17-14/h7-8,12-13,15-16H,5-6,9-11H2,1-4H3. The molecule has 0 amide bonds. The highest BCUT2D eigenvalue weighted by atomic mass is 15.3. The smallest absolute Gasteiger partial charge is 0.0764 e. The zero-order valence-electron chi connectivity index (χ0n) is 12.8. The van der Waals surface area contributed by atoms with Gasteiger partial charge in [-0.2, -0.15) is 5.10 Å². The van der Waals surface area contributed by atoms with E-state index >= 15 is 0 Å². The van der Waals surface area contributed by atoms with Crippen molar-refractivity contribution in [3.05, 3.63) is 18.0 Å². The van der Waals surface area contributed by atoms with E-state index in [9.17, 15) is 0 Å². The van der Waals surface area contributed by atoms with Crippen LogP contribution in [0.3, 0.4) is 0 Å². The van der Waals surface area contributed by atoms with Crippen LogP contribution in [0.4, 0.5) is 0 Å². The van der Waals surface area contributed by atoms with E-state index in [-0.39, 0.29) is 0 Å². The molecule has 0 saturated carbocycles. The van der Waals surface area contributed by atoms with Crippen molar-refractivity contribution < 1.29 is 0 Å². The monoisotopic (exact) mass is 264 g/mol. The minimum Gasteiger partial charge on any atom is -0.311 e. The van der Waals surface area contributed by atoms with Gasteiger partial charge in [0.1, 0.15) is 0 Å². The average molecular weight is 264 g/mol. The summed E-state index contributed by atoms with van der Waals surface area (Å²) in [6, 6.07) is 3.40. The third-order valence-electron chi connectivity index (χ3n) is 4.08. The molecule has 2 unspecified atom stereocenters. The molecule has 1 aromatic heterocycles. The van der Waals surface area contributed by atoms with Crippen LogP contribution in [0.5, 0.6) is 0 Å². The van der Waals surface area contributed by atoms with Gasteiger partial charge in [0.25, 0.3) is 0 Å². The molecule has 4 nitrogen and oxygen atoms in total. The Hall–Kier alpha value is -0.870. The molecule has 0 aromatic carbocycles. The number of aromatic nitrogens is 2. The van der Waals surface area contributed by atoms with Gasteiger partial charge in [-0.1, -0.05) is 27.2 Å². The fraction of sp³-hybridized carbons (Fsp3) is 0.800. The molecule has 19 heavy (non-hydrogen) atoms. The van der Waals surface area contributed by atoms with Crippen molar-refractivity contribution in [3.8, 4) is 0 Å². The number of hydrogen-bond acceptors (Lipinski definition) is 3. The second kappa shape index (κ2) is 6.53. The molecule has 2 heterocycles. The minimum atomic E-state index is 0.620. The molecule has 0 bridgehead atoms. The van der Waals surface area contributed by atoms with Crippen LogP contribution in [0, 0.1) is 5.92 Å². The van der Waals surface area contributed by atoms with Gasteiger partial charge in [-0.25, -0.2) is 0 Å². The molecular weight excluding hydrogens is 236 g/mol. The van der Waals surface area contributed by atoms with Crippen molar-refractivity contribution in [2.75, 3.05) is 13.1 Å². The quantitative estimate of drug-likeness (QED) is 0.883. The largest absolute Gasteiger partial charge is 0.311 e. The first-order valence-electron chi connectivity index (χ1n) is 7.56. The number of aryl methyl sites for hydroxylation is 1. The Morgan fingerprint density at radius 2 is 2.26 bits per heavy atom. The lowest BCUT2D eigenvalue weighted by Crippen LogP contribution is -2.57. The lowest BCUT2D eigenvalue weighted by atomic mass is 9.97. The van der Waals surface area contributed by atoms with Gasteiger partial charge in [-0.05, 0) is 18.4 Å². The van der Waals surface area contributed by atoms with E-state index in [1.807, 2.05) is 17.9 Å². The fourth-order valence-electron chi connectivity index (χ4n) is 3.04. The van der Waals surface area contributed by atoms with Gasteiger partial charge in [0.15, 0.2) is 0 Å². The topological polar surface area (TPSA) is 33.1 Å². The van der Waals surface area contributed by atoms with Gasteiger partial charge in [0.05, 0.1) is 5.69 Å². The van der Waals surface area contributed by atoms with Crippen LogP contribution in [-0.2, 0) is 13.6 Å². The summed E-state index contributed by atoms with van der Waals surface area (Å²) in [6.45, 7) is 10.1. The normalized spacial score (nSPS) is 25.1. The zero-order chi connectivity index (χ0) is 13.8. The summed E-state index contributed by atoms with van der Waals surface area (Å²) in [6.07, 6.45) is 4.55. The van der Waals surface area contributed by atoms with Gasteiger partial charge in [0, 0.05) is 45.0 Å². The highest BCUT2D eigenvalue weighted by Crippen LogP contribution is 2.19. The molecule has 1 fully saturated rings. The molecule has 0 radical (unpaired) electrons. The van der Waals surface area contributed by atoms with E-state index in [1.54, 1.807) is 0 Å². The Balaban J connectivity index is 2.02. The Labute approximate surface area is 117 Å². The first-order valence-corrected chi connectivity index (χ1v) is 7.56. The maximum Gasteiger partial charge on any atom is 0.0764 e. The highest BCUT2D eigenvalue weighted by Gasteiger charge is 2.29. The Kier molecular flexibility index (Phi) is 4.99. The Morgan fingerprint density at radius 3 is 2.84 bits per heavy atom. The molecule has 108 valence electrons. The SMILES string of the molecule is CCCC1CN(Cc2ccn(C)n2)C(C(C)C)CN1. The summed E-state index contributed by atoms with van der Waals surface area (Å²) in [5.74, 6) is 0.679.